The highest BCUT2D eigenvalue weighted by atomic mass is 35.5. The number of nitrogens with zero attached hydrogens (tertiary/aromatic N) is 1. The van der Waals surface area contributed by atoms with Gasteiger partial charge in [-0.1, -0.05) is 20.3 Å². The Morgan fingerprint density at radius 2 is 1.93 bits per heavy atom. The van der Waals surface area contributed by atoms with Crippen LogP contribution in [0.4, 0.5) is 5.69 Å². The topological polar surface area (TPSA) is 102 Å². The van der Waals surface area contributed by atoms with Gasteiger partial charge in [-0.2, -0.15) is 4.31 Å². The number of amides is 1. The maximum atomic E-state index is 13.0. The first-order valence-corrected chi connectivity index (χ1v) is 11.1. The summed E-state index contributed by atoms with van der Waals surface area (Å²) < 4.78 is 32.8. The van der Waals surface area contributed by atoms with Gasteiger partial charge >= 0.3 is 0 Å². The van der Waals surface area contributed by atoms with E-state index in [4.69, 9.17) is 10.5 Å². The normalized spacial score (nSPS) is 19.3. The first-order chi connectivity index (χ1) is 12.8. The van der Waals surface area contributed by atoms with Gasteiger partial charge in [0, 0.05) is 31.2 Å². The van der Waals surface area contributed by atoms with Crippen molar-refractivity contribution in [3.63, 3.8) is 0 Å². The Morgan fingerprint density at radius 3 is 2.46 bits per heavy atom. The maximum absolute atomic E-state index is 13.0. The van der Waals surface area contributed by atoms with E-state index in [-0.39, 0.29) is 35.2 Å². The fourth-order valence-electron chi connectivity index (χ4n) is 3.53. The minimum absolute atomic E-state index is 0. The van der Waals surface area contributed by atoms with Crippen LogP contribution in [0.25, 0.3) is 0 Å². The number of carbonyl (C=O) groups is 1. The second-order valence-corrected chi connectivity index (χ2v) is 8.70. The second-order valence-electron chi connectivity index (χ2n) is 6.79. The van der Waals surface area contributed by atoms with Crippen LogP contribution in [0.1, 0.15) is 46.5 Å². The van der Waals surface area contributed by atoms with Crippen molar-refractivity contribution in [2.24, 2.45) is 11.7 Å². The molecule has 2 atom stereocenters. The molecule has 0 unspecified atom stereocenters. The molecule has 160 valence electrons. The van der Waals surface area contributed by atoms with Crippen LogP contribution in [0, 0.1) is 5.92 Å². The molecule has 3 N–H and O–H groups in total. The van der Waals surface area contributed by atoms with Crippen LogP contribution in [0.5, 0.6) is 5.75 Å². The summed E-state index contributed by atoms with van der Waals surface area (Å²) >= 11 is 0. The number of halogens is 1. The van der Waals surface area contributed by atoms with Crippen LogP contribution in [0.15, 0.2) is 23.1 Å². The number of anilines is 1. The second kappa shape index (κ2) is 11.0. The van der Waals surface area contributed by atoms with Crippen molar-refractivity contribution in [1.82, 2.24) is 4.31 Å². The standard InChI is InChI=1S/C19H31N3O4S.ClH/c1-4-22(5-2)27(24,25)18-13-15(10-11-17(18)26-6-3)21-19(23)12-14-8-7-9-16(14)20;/h10-11,13-14,16H,4-9,12,20H2,1-3H3,(H,21,23);1H/t14-,16+;/m0./s1. The molecule has 7 nitrogen and oxygen atoms in total. The Labute approximate surface area is 174 Å². The fraction of sp³-hybridized carbons (Fsp3) is 0.632. The van der Waals surface area contributed by atoms with Gasteiger partial charge in [0.2, 0.25) is 15.9 Å². The number of ether oxygens (including phenoxy) is 1. The molecule has 1 aromatic carbocycles. The van der Waals surface area contributed by atoms with Gasteiger partial charge in [0.1, 0.15) is 10.6 Å². The number of hydrogen-bond acceptors (Lipinski definition) is 5. The summed E-state index contributed by atoms with van der Waals surface area (Å²) in [7, 11) is -3.71. The number of sulfonamides is 1. The molecule has 0 spiro atoms. The molecule has 0 aliphatic heterocycles. The summed E-state index contributed by atoms with van der Waals surface area (Å²) in [4.78, 5) is 12.4. The molecule has 1 aliphatic rings. The summed E-state index contributed by atoms with van der Waals surface area (Å²) in [5, 5.41) is 2.81. The molecular weight excluding hydrogens is 402 g/mol. The Bertz CT molecular complexity index is 754. The van der Waals surface area contributed by atoms with Gasteiger partial charge in [0.05, 0.1) is 6.61 Å². The zero-order chi connectivity index (χ0) is 20.0. The van der Waals surface area contributed by atoms with Crippen molar-refractivity contribution in [2.45, 2.75) is 57.4 Å². The maximum Gasteiger partial charge on any atom is 0.246 e. The van der Waals surface area contributed by atoms with Crippen molar-refractivity contribution in [1.29, 1.82) is 0 Å². The third-order valence-electron chi connectivity index (χ3n) is 5.02. The molecule has 1 amide bonds. The van der Waals surface area contributed by atoms with Crippen molar-refractivity contribution >= 4 is 34.0 Å². The molecule has 2 rings (SSSR count). The van der Waals surface area contributed by atoms with E-state index in [1.807, 2.05) is 0 Å². The number of hydrogen-bond donors (Lipinski definition) is 2. The quantitative estimate of drug-likeness (QED) is 0.623. The first-order valence-electron chi connectivity index (χ1n) is 9.65. The number of carbonyl (C=O) groups excluding carboxylic acids is 1. The van der Waals surface area contributed by atoms with Gasteiger partial charge in [0.15, 0.2) is 0 Å². The largest absolute Gasteiger partial charge is 0.492 e. The molecule has 0 radical (unpaired) electrons. The summed E-state index contributed by atoms with van der Waals surface area (Å²) in [6.07, 6.45) is 3.31. The van der Waals surface area contributed by atoms with E-state index in [0.29, 0.717) is 37.6 Å². The van der Waals surface area contributed by atoms with Crippen LogP contribution < -0.4 is 15.8 Å². The van der Waals surface area contributed by atoms with Gasteiger partial charge in [-0.3, -0.25) is 4.79 Å². The number of benzene rings is 1. The Hall–Kier alpha value is -1.35. The molecule has 0 saturated heterocycles. The average Bonchev–Trinajstić information content (AvgIpc) is 3.02. The van der Waals surface area contributed by atoms with Crippen LogP contribution >= 0.6 is 12.4 Å². The summed E-state index contributed by atoms with van der Waals surface area (Å²) in [5.41, 5.74) is 6.48. The zero-order valence-corrected chi connectivity index (χ0v) is 18.4. The Morgan fingerprint density at radius 1 is 1.25 bits per heavy atom. The molecule has 28 heavy (non-hydrogen) atoms. The van der Waals surface area contributed by atoms with Crippen LogP contribution in [-0.4, -0.2) is 44.4 Å². The van der Waals surface area contributed by atoms with Crippen molar-refractivity contribution in [3.05, 3.63) is 18.2 Å². The smallest absolute Gasteiger partial charge is 0.246 e. The molecule has 0 heterocycles. The number of rotatable bonds is 9. The van der Waals surface area contributed by atoms with E-state index in [0.717, 1.165) is 19.3 Å². The van der Waals surface area contributed by atoms with Gasteiger partial charge in [-0.25, -0.2) is 8.42 Å². The third-order valence-corrected chi connectivity index (χ3v) is 7.09. The molecule has 1 aromatic rings. The first kappa shape index (κ1) is 24.7. The van der Waals surface area contributed by atoms with Gasteiger partial charge in [-0.05, 0) is 43.9 Å². The van der Waals surface area contributed by atoms with E-state index < -0.39 is 10.0 Å². The van der Waals surface area contributed by atoms with Crippen molar-refractivity contribution in [3.8, 4) is 5.75 Å². The lowest BCUT2D eigenvalue weighted by Crippen LogP contribution is -2.31. The monoisotopic (exact) mass is 433 g/mol. The highest BCUT2D eigenvalue weighted by Gasteiger charge is 2.28. The van der Waals surface area contributed by atoms with Gasteiger partial charge < -0.3 is 15.8 Å². The Kier molecular flexibility index (Phi) is 9.69. The lowest BCUT2D eigenvalue weighted by Gasteiger charge is -2.21. The van der Waals surface area contributed by atoms with Crippen molar-refractivity contribution < 1.29 is 17.9 Å². The number of nitrogens with one attached hydrogen (secondary N) is 1. The third kappa shape index (κ3) is 5.83. The van der Waals surface area contributed by atoms with E-state index in [2.05, 4.69) is 5.32 Å². The van der Waals surface area contributed by atoms with Crippen LogP contribution in [-0.2, 0) is 14.8 Å². The highest BCUT2D eigenvalue weighted by molar-refractivity contribution is 7.89. The molecule has 0 aromatic heterocycles. The molecule has 1 aliphatic carbocycles. The van der Waals surface area contributed by atoms with Gasteiger partial charge in [0.25, 0.3) is 0 Å². The zero-order valence-electron chi connectivity index (χ0n) is 16.8. The van der Waals surface area contributed by atoms with E-state index in [1.54, 1.807) is 32.9 Å². The van der Waals surface area contributed by atoms with E-state index >= 15 is 0 Å². The predicted octanol–water partition coefficient (Wildman–Crippen LogP) is 2.99. The summed E-state index contributed by atoms with van der Waals surface area (Å²) in [6.45, 7) is 6.46. The lowest BCUT2D eigenvalue weighted by atomic mass is 10.00. The predicted molar refractivity (Wildman–Crippen MR) is 114 cm³/mol. The fourth-order valence-corrected chi connectivity index (χ4v) is 5.15. The molecule has 9 heteroatoms. The molecule has 0 bridgehead atoms. The van der Waals surface area contributed by atoms with Gasteiger partial charge in [-0.15, -0.1) is 12.4 Å². The molecule has 1 saturated carbocycles. The highest BCUT2D eigenvalue weighted by Crippen LogP contribution is 2.31. The Balaban J connectivity index is 0.00000392. The van der Waals surface area contributed by atoms with E-state index in [1.165, 1.54) is 10.4 Å². The SMILES string of the molecule is CCOc1ccc(NC(=O)C[C@@H]2CCC[C@H]2N)cc1S(=O)(=O)N(CC)CC.Cl. The molecular formula is C19H32ClN3O4S. The van der Waals surface area contributed by atoms with Crippen LogP contribution in [0.3, 0.4) is 0 Å². The summed E-state index contributed by atoms with van der Waals surface area (Å²) in [5.74, 6) is 0.333. The van der Waals surface area contributed by atoms with E-state index in [9.17, 15) is 13.2 Å². The lowest BCUT2D eigenvalue weighted by molar-refractivity contribution is -0.117. The van der Waals surface area contributed by atoms with Crippen LogP contribution in [0.2, 0.25) is 0 Å². The number of nitrogens with two attached hydrogens (primary N) is 1. The molecule has 1 fully saturated rings. The minimum atomic E-state index is -3.71. The van der Waals surface area contributed by atoms with Crippen molar-refractivity contribution in [2.75, 3.05) is 25.0 Å². The summed E-state index contributed by atoms with van der Waals surface area (Å²) in [6, 6.07) is 4.80. The average molecular weight is 434 g/mol. The minimum Gasteiger partial charge on any atom is -0.492 e.